The number of rotatable bonds is 4. The second-order valence-electron chi connectivity index (χ2n) is 7.48. The van der Waals surface area contributed by atoms with E-state index in [2.05, 4.69) is 10.4 Å². The molecule has 168 valence electrons. The van der Waals surface area contributed by atoms with Gasteiger partial charge >= 0.3 is 5.69 Å². The molecule has 4 aromatic rings. The summed E-state index contributed by atoms with van der Waals surface area (Å²) in [5.74, 6) is -0.341. The van der Waals surface area contributed by atoms with Crippen LogP contribution in [0.3, 0.4) is 0 Å². The fourth-order valence-corrected chi connectivity index (χ4v) is 4.25. The van der Waals surface area contributed by atoms with E-state index in [1.165, 1.54) is 33.5 Å². The Hall–Kier alpha value is -4.64. The van der Waals surface area contributed by atoms with E-state index in [1.807, 2.05) is 60.7 Å². The number of H-pyrrole nitrogens is 1. The highest BCUT2D eigenvalue weighted by Crippen LogP contribution is 2.37. The van der Waals surface area contributed by atoms with Crippen LogP contribution in [0.4, 0.5) is 5.69 Å². The standard InChI is InChI=1S/C23H16N6O4S/c30-19-23(15-7-3-1-4-8-15,16-9-5-2-6-10-16)25-20(24-19)28-22(34)27(21(31)26-28)17-11-13-18(14-12-17)29(32)33/h1-14H,(H,26,31)(H,24,25,30). The average Bonchev–Trinajstić information content (AvgIpc) is 3.36. The van der Waals surface area contributed by atoms with E-state index < -0.39 is 22.1 Å². The first-order valence-corrected chi connectivity index (χ1v) is 10.5. The Bertz CT molecular complexity index is 1510. The minimum absolute atomic E-state index is 0.00910. The second-order valence-corrected chi connectivity index (χ2v) is 7.84. The number of aromatic amines is 1. The summed E-state index contributed by atoms with van der Waals surface area (Å²) in [6.07, 6.45) is 0. The summed E-state index contributed by atoms with van der Waals surface area (Å²) < 4.78 is 2.39. The van der Waals surface area contributed by atoms with Crippen molar-refractivity contribution in [3.63, 3.8) is 0 Å². The number of hydrogen-bond donors (Lipinski definition) is 2. The molecule has 2 heterocycles. The largest absolute Gasteiger partial charge is 0.347 e. The molecule has 0 spiro atoms. The number of nitrogens with one attached hydrogen (secondary N) is 2. The molecular weight excluding hydrogens is 456 g/mol. The number of non-ortho nitro benzene ring substituents is 1. The molecule has 1 aliphatic heterocycles. The van der Waals surface area contributed by atoms with E-state index in [1.54, 1.807) is 0 Å². The third-order valence-corrected chi connectivity index (χ3v) is 5.90. The van der Waals surface area contributed by atoms with Crippen LogP contribution in [0.5, 0.6) is 0 Å². The number of nitro benzene ring substituents is 1. The smallest absolute Gasteiger partial charge is 0.292 e. The van der Waals surface area contributed by atoms with Crippen LogP contribution < -0.4 is 11.0 Å². The molecule has 11 heteroatoms. The van der Waals surface area contributed by atoms with E-state index in [0.717, 1.165) is 0 Å². The van der Waals surface area contributed by atoms with Crippen LogP contribution >= 0.6 is 12.2 Å². The SMILES string of the molecule is O=C1NC(n2[nH]c(=O)n(-c3ccc([N+](=O)[O-])cc3)c2=S)=NC1(c1ccccc1)c1ccccc1. The average molecular weight is 472 g/mol. The van der Waals surface area contributed by atoms with Crippen LogP contribution in [0, 0.1) is 14.9 Å². The third-order valence-electron chi connectivity index (χ3n) is 5.53. The minimum Gasteiger partial charge on any atom is -0.292 e. The number of nitrogens with zero attached hydrogens (tertiary/aromatic N) is 4. The molecule has 5 rings (SSSR count). The summed E-state index contributed by atoms with van der Waals surface area (Å²) in [6.45, 7) is 0. The number of benzene rings is 3. The molecule has 0 atom stereocenters. The van der Waals surface area contributed by atoms with Crippen molar-refractivity contribution in [3.8, 4) is 5.69 Å². The second kappa shape index (κ2) is 8.05. The zero-order chi connectivity index (χ0) is 23.9. The van der Waals surface area contributed by atoms with Crippen LogP contribution in [-0.2, 0) is 10.3 Å². The van der Waals surface area contributed by atoms with Crippen LogP contribution in [0.25, 0.3) is 5.69 Å². The van der Waals surface area contributed by atoms with Gasteiger partial charge in [0.2, 0.25) is 10.7 Å². The van der Waals surface area contributed by atoms with E-state index in [-0.39, 0.29) is 16.4 Å². The lowest BCUT2D eigenvalue weighted by Gasteiger charge is -2.24. The lowest BCUT2D eigenvalue weighted by molar-refractivity contribution is -0.384. The van der Waals surface area contributed by atoms with Gasteiger partial charge in [-0.15, -0.1) is 0 Å². The molecule has 0 radical (unpaired) electrons. The molecule has 3 aromatic carbocycles. The Kier molecular flexibility index (Phi) is 5.02. The lowest BCUT2D eigenvalue weighted by atomic mass is 9.83. The van der Waals surface area contributed by atoms with E-state index in [0.29, 0.717) is 16.8 Å². The van der Waals surface area contributed by atoms with Gasteiger partial charge in [-0.05, 0) is 35.5 Å². The molecule has 1 aliphatic rings. The highest BCUT2D eigenvalue weighted by Gasteiger charge is 2.47. The van der Waals surface area contributed by atoms with Crippen LogP contribution in [-0.4, -0.2) is 31.1 Å². The van der Waals surface area contributed by atoms with E-state index in [4.69, 9.17) is 17.2 Å². The summed E-state index contributed by atoms with van der Waals surface area (Å²) >= 11 is 5.49. The maximum Gasteiger partial charge on any atom is 0.347 e. The molecule has 0 saturated carbocycles. The fraction of sp³-hybridized carbons (Fsp3) is 0.0435. The predicted molar refractivity (Wildman–Crippen MR) is 127 cm³/mol. The zero-order valence-corrected chi connectivity index (χ0v) is 18.2. The molecular formula is C23H16N6O4S. The summed E-state index contributed by atoms with van der Waals surface area (Å²) in [6, 6.07) is 23.6. The van der Waals surface area contributed by atoms with Crippen molar-refractivity contribution in [2.75, 3.05) is 0 Å². The predicted octanol–water partition coefficient (Wildman–Crippen LogP) is 2.88. The number of carbonyl (C=O) groups is 1. The number of aliphatic imine (C=N–C) groups is 1. The summed E-state index contributed by atoms with van der Waals surface area (Å²) in [4.78, 5) is 41.3. The van der Waals surface area contributed by atoms with Gasteiger partial charge in [0.05, 0.1) is 10.6 Å². The zero-order valence-electron chi connectivity index (χ0n) is 17.4. The number of aromatic nitrogens is 3. The van der Waals surface area contributed by atoms with Crippen molar-refractivity contribution in [1.29, 1.82) is 0 Å². The normalized spacial score (nSPS) is 14.5. The molecule has 0 unspecified atom stereocenters. The van der Waals surface area contributed by atoms with Crippen molar-refractivity contribution in [1.82, 2.24) is 19.7 Å². The Morgan fingerprint density at radius 2 is 1.44 bits per heavy atom. The fourth-order valence-electron chi connectivity index (χ4n) is 3.93. The van der Waals surface area contributed by atoms with Crippen molar-refractivity contribution < 1.29 is 9.72 Å². The van der Waals surface area contributed by atoms with Crippen molar-refractivity contribution in [2.24, 2.45) is 4.99 Å². The van der Waals surface area contributed by atoms with Gasteiger partial charge in [-0.1, -0.05) is 60.7 Å². The Labute approximate surface area is 197 Å². The lowest BCUT2D eigenvalue weighted by Crippen LogP contribution is -2.39. The molecule has 2 N–H and O–H groups in total. The molecule has 1 amide bonds. The number of amides is 1. The Morgan fingerprint density at radius 1 is 0.882 bits per heavy atom. The van der Waals surface area contributed by atoms with Crippen molar-refractivity contribution in [3.05, 3.63) is 121 Å². The summed E-state index contributed by atoms with van der Waals surface area (Å²) in [5, 5.41) is 16.3. The molecule has 0 fully saturated rings. The van der Waals surface area contributed by atoms with Gasteiger partial charge in [-0.2, -0.15) is 4.68 Å². The van der Waals surface area contributed by atoms with Gasteiger partial charge in [0.25, 0.3) is 11.6 Å². The van der Waals surface area contributed by atoms with Crippen LogP contribution in [0.2, 0.25) is 0 Å². The van der Waals surface area contributed by atoms with Gasteiger partial charge < -0.3 is 0 Å². The van der Waals surface area contributed by atoms with Gasteiger partial charge in [-0.25, -0.2) is 19.5 Å². The topological polar surface area (TPSA) is 127 Å². The summed E-state index contributed by atoms with van der Waals surface area (Å²) in [7, 11) is 0. The first-order valence-electron chi connectivity index (χ1n) is 10.1. The maximum absolute atomic E-state index is 13.4. The summed E-state index contributed by atoms with van der Waals surface area (Å²) in [5.41, 5.74) is -0.451. The van der Waals surface area contributed by atoms with Gasteiger partial charge in [0.15, 0.2) is 5.54 Å². The highest BCUT2D eigenvalue weighted by atomic mass is 32.1. The number of hydrogen-bond acceptors (Lipinski definition) is 6. The highest BCUT2D eigenvalue weighted by molar-refractivity contribution is 7.71. The minimum atomic E-state index is -1.38. The van der Waals surface area contributed by atoms with E-state index >= 15 is 0 Å². The van der Waals surface area contributed by atoms with Crippen LogP contribution in [0.1, 0.15) is 11.1 Å². The monoisotopic (exact) mass is 472 g/mol. The Morgan fingerprint density at radius 3 is 1.97 bits per heavy atom. The quantitative estimate of drug-likeness (QED) is 0.268. The number of carbonyl (C=O) groups excluding carboxylic acids is 1. The molecule has 34 heavy (non-hydrogen) atoms. The molecule has 0 aliphatic carbocycles. The van der Waals surface area contributed by atoms with E-state index in [9.17, 15) is 19.7 Å². The maximum atomic E-state index is 13.4. The first kappa shape index (κ1) is 21.2. The molecule has 0 saturated heterocycles. The third kappa shape index (κ3) is 3.26. The van der Waals surface area contributed by atoms with Crippen molar-refractivity contribution in [2.45, 2.75) is 5.54 Å². The Balaban J connectivity index is 1.66. The number of nitro groups is 1. The van der Waals surface area contributed by atoms with Gasteiger partial charge in [0.1, 0.15) is 0 Å². The molecule has 10 nitrogen and oxygen atoms in total. The van der Waals surface area contributed by atoms with Crippen molar-refractivity contribution >= 4 is 29.8 Å². The van der Waals surface area contributed by atoms with Gasteiger partial charge in [-0.3, -0.25) is 20.2 Å². The van der Waals surface area contributed by atoms with Gasteiger partial charge in [0, 0.05) is 12.1 Å². The molecule has 0 bridgehead atoms. The first-order chi connectivity index (χ1) is 16.4. The van der Waals surface area contributed by atoms with Crippen LogP contribution in [0.15, 0.2) is 94.7 Å². The molecule has 1 aromatic heterocycles.